The Hall–Kier alpha value is -3.71. The van der Waals surface area contributed by atoms with Crippen LogP contribution < -0.4 is 15.4 Å². The van der Waals surface area contributed by atoms with Crippen molar-refractivity contribution in [2.75, 3.05) is 17.7 Å². The van der Waals surface area contributed by atoms with Crippen molar-refractivity contribution in [2.24, 2.45) is 0 Å². The van der Waals surface area contributed by atoms with Gasteiger partial charge in [-0.3, -0.25) is 4.79 Å². The number of hydrogen-bond acceptors (Lipinski definition) is 6. The van der Waals surface area contributed by atoms with Gasteiger partial charge in [0.2, 0.25) is 5.95 Å². The highest BCUT2D eigenvalue weighted by Gasteiger charge is 2.29. The van der Waals surface area contributed by atoms with Crippen LogP contribution in [0.3, 0.4) is 0 Å². The van der Waals surface area contributed by atoms with E-state index < -0.39 is 0 Å². The molecule has 2 N–H and O–H groups in total. The molecule has 2 heterocycles. The monoisotopic (exact) mass is 498 g/mol. The standard InChI is InChI=1S/C29H30N4O2S/c1-18-16-19(2)31-29(30-18)32-26(21-12-9-13-22(17-21)35-3)25-23-14-7-8-15-24(23)36-28(25)33-27(34)20-10-5-4-6-11-20/h4-6,9-13,16-17,26H,7-8,14-15H2,1-3H3,(H,33,34)(H,30,31,32). The third kappa shape index (κ3) is 5.11. The number of nitrogens with one attached hydrogen (secondary N) is 2. The van der Waals surface area contributed by atoms with Gasteiger partial charge in [0.05, 0.1) is 13.2 Å². The number of carbonyl (C=O) groups excluding carboxylic acids is 1. The van der Waals surface area contributed by atoms with E-state index in [1.54, 1.807) is 18.4 Å². The molecule has 0 bridgehead atoms. The molecule has 1 aliphatic carbocycles. The first-order chi connectivity index (χ1) is 17.5. The van der Waals surface area contributed by atoms with E-state index in [1.165, 1.54) is 10.4 Å². The van der Waals surface area contributed by atoms with Crippen LogP contribution in [0.2, 0.25) is 0 Å². The van der Waals surface area contributed by atoms with Crippen molar-refractivity contribution >= 4 is 28.2 Å². The number of methoxy groups -OCH3 is 1. The van der Waals surface area contributed by atoms with Gasteiger partial charge in [-0.05, 0) is 81.0 Å². The number of carbonyl (C=O) groups is 1. The Bertz CT molecular complexity index is 1360. The van der Waals surface area contributed by atoms with E-state index in [0.29, 0.717) is 11.5 Å². The summed E-state index contributed by atoms with van der Waals surface area (Å²) in [6.45, 7) is 3.94. The van der Waals surface area contributed by atoms with Crippen molar-refractivity contribution in [3.05, 3.63) is 99.2 Å². The Balaban J connectivity index is 1.63. The van der Waals surface area contributed by atoms with E-state index >= 15 is 0 Å². The maximum atomic E-state index is 13.2. The van der Waals surface area contributed by atoms with Crippen LogP contribution in [0.25, 0.3) is 0 Å². The molecule has 7 heteroatoms. The molecule has 4 aromatic rings. The molecule has 0 spiro atoms. The van der Waals surface area contributed by atoms with Crippen molar-refractivity contribution in [1.82, 2.24) is 9.97 Å². The van der Waals surface area contributed by atoms with Crippen molar-refractivity contribution in [3.63, 3.8) is 0 Å². The van der Waals surface area contributed by atoms with Crippen LogP contribution in [0, 0.1) is 13.8 Å². The van der Waals surface area contributed by atoms with E-state index in [-0.39, 0.29) is 11.9 Å². The Labute approximate surface area is 215 Å². The number of benzene rings is 2. The minimum absolute atomic E-state index is 0.109. The Morgan fingerprint density at radius 2 is 1.72 bits per heavy atom. The number of fused-ring (bicyclic) bond motifs is 1. The summed E-state index contributed by atoms with van der Waals surface area (Å²) in [6.07, 6.45) is 4.31. The normalized spacial score (nSPS) is 13.5. The van der Waals surface area contributed by atoms with Gasteiger partial charge in [0.15, 0.2) is 0 Å². The maximum Gasteiger partial charge on any atom is 0.256 e. The molecule has 5 rings (SSSR count). The topological polar surface area (TPSA) is 76.1 Å². The van der Waals surface area contributed by atoms with Gasteiger partial charge in [-0.15, -0.1) is 11.3 Å². The summed E-state index contributed by atoms with van der Waals surface area (Å²) in [5.41, 5.74) is 5.88. The molecule has 36 heavy (non-hydrogen) atoms. The van der Waals surface area contributed by atoms with Gasteiger partial charge >= 0.3 is 0 Å². The zero-order valence-corrected chi connectivity index (χ0v) is 21.6. The third-order valence-electron chi connectivity index (χ3n) is 6.45. The smallest absolute Gasteiger partial charge is 0.256 e. The molecule has 0 aliphatic heterocycles. The van der Waals surface area contributed by atoms with Crippen LogP contribution in [-0.4, -0.2) is 23.0 Å². The second-order valence-electron chi connectivity index (χ2n) is 9.10. The highest BCUT2D eigenvalue weighted by molar-refractivity contribution is 7.16. The molecule has 0 radical (unpaired) electrons. The Kier molecular flexibility index (Phi) is 7.00. The SMILES string of the molecule is COc1cccc(C(Nc2nc(C)cc(C)n2)c2c(NC(=O)c3ccccc3)sc3c2CCCC3)c1. The average molecular weight is 499 g/mol. The molecule has 1 atom stereocenters. The van der Waals surface area contributed by atoms with Gasteiger partial charge in [-0.1, -0.05) is 30.3 Å². The second kappa shape index (κ2) is 10.5. The van der Waals surface area contributed by atoms with Crippen LogP contribution >= 0.6 is 11.3 Å². The highest BCUT2D eigenvalue weighted by Crippen LogP contribution is 2.44. The maximum absolute atomic E-state index is 13.2. The van der Waals surface area contributed by atoms with E-state index in [9.17, 15) is 4.79 Å². The average Bonchev–Trinajstić information content (AvgIpc) is 3.24. The van der Waals surface area contributed by atoms with Gasteiger partial charge in [0.25, 0.3) is 5.91 Å². The number of ether oxygens (including phenoxy) is 1. The molecular weight excluding hydrogens is 468 g/mol. The number of nitrogens with zero attached hydrogens (tertiary/aromatic N) is 2. The summed E-state index contributed by atoms with van der Waals surface area (Å²) in [5.74, 6) is 1.23. The summed E-state index contributed by atoms with van der Waals surface area (Å²) in [6, 6.07) is 19.1. The van der Waals surface area contributed by atoms with Crippen LogP contribution in [0.4, 0.5) is 10.9 Å². The Morgan fingerprint density at radius 3 is 2.47 bits per heavy atom. The van der Waals surface area contributed by atoms with Crippen molar-refractivity contribution < 1.29 is 9.53 Å². The zero-order chi connectivity index (χ0) is 25.1. The molecular formula is C29H30N4O2S. The molecule has 184 valence electrons. The third-order valence-corrected chi connectivity index (χ3v) is 7.67. The first-order valence-electron chi connectivity index (χ1n) is 12.3. The largest absolute Gasteiger partial charge is 0.497 e. The molecule has 0 fully saturated rings. The predicted octanol–water partition coefficient (Wildman–Crippen LogP) is 6.50. The first kappa shape index (κ1) is 24.0. The number of thiophene rings is 1. The van der Waals surface area contributed by atoms with E-state index in [1.807, 2.05) is 68.4 Å². The number of aryl methyl sites for hydroxylation is 3. The summed E-state index contributed by atoms with van der Waals surface area (Å²) >= 11 is 1.69. The molecule has 0 saturated carbocycles. The Morgan fingerprint density at radius 1 is 0.972 bits per heavy atom. The predicted molar refractivity (Wildman–Crippen MR) is 145 cm³/mol. The molecule has 1 amide bonds. The number of rotatable bonds is 7. The number of hydrogen-bond donors (Lipinski definition) is 2. The van der Waals surface area contributed by atoms with Crippen LogP contribution in [-0.2, 0) is 12.8 Å². The lowest BCUT2D eigenvalue weighted by atomic mass is 9.89. The summed E-state index contributed by atoms with van der Waals surface area (Å²) in [5, 5.41) is 7.73. The van der Waals surface area contributed by atoms with Gasteiger partial charge in [0.1, 0.15) is 10.8 Å². The summed E-state index contributed by atoms with van der Waals surface area (Å²) < 4.78 is 5.55. The number of anilines is 2. The first-order valence-corrected chi connectivity index (χ1v) is 13.1. The van der Waals surface area contributed by atoms with Crippen LogP contribution in [0.15, 0.2) is 60.7 Å². The van der Waals surface area contributed by atoms with Crippen LogP contribution in [0.5, 0.6) is 5.75 Å². The minimum Gasteiger partial charge on any atom is -0.497 e. The van der Waals surface area contributed by atoms with E-state index in [0.717, 1.165) is 58.9 Å². The molecule has 0 saturated heterocycles. The summed E-state index contributed by atoms with van der Waals surface area (Å²) in [4.78, 5) is 23.9. The van der Waals surface area contributed by atoms with Crippen molar-refractivity contribution in [1.29, 1.82) is 0 Å². The zero-order valence-electron chi connectivity index (χ0n) is 20.8. The van der Waals surface area contributed by atoms with Crippen LogP contribution in [0.1, 0.15) is 62.2 Å². The van der Waals surface area contributed by atoms with Gasteiger partial charge in [-0.2, -0.15) is 0 Å². The van der Waals surface area contributed by atoms with Gasteiger partial charge < -0.3 is 15.4 Å². The molecule has 1 unspecified atom stereocenters. The fraction of sp³-hybridized carbons (Fsp3) is 0.276. The number of aromatic nitrogens is 2. The highest BCUT2D eigenvalue weighted by atomic mass is 32.1. The van der Waals surface area contributed by atoms with E-state index in [4.69, 9.17) is 4.74 Å². The lowest BCUT2D eigenvalue weighted by Crippen LogP contribution is -2.20. The van der Waals surface area contributed by atoms with Crippen molar-refractivity contribution in [2.45, 2.75) is 45.6 Å². The van der Waals surface area contributed by atoms with E-state index in [2.05, 4.69) is 26.7 Å². The fourth-order valence-corrected chi connectivity index (χ4v) is 6.14. The van der Waals surface area contributed by atoms with Crippen molar-refractivity contribution in [3.8, 4) is 5.75 Å². The number of amides is 1. The molecule has 2 aromatic carbocycles. The minimum atomic E-state index is -0.259. The molecule has 1 aliphatic rings. The lowest BCUT2D eigenvalue weighted by Gasteiger charge is -2.24. The lowest BCUT2D eigenvalue weighted by molar-refractivity contribution is 0.102. The second-order valence-corrected chi connectivity index (χ2v) is 10.2. The van der Waals surface area contributed by atoms with Gasteiger partial charge in [0, 0.05) is 27.4 Å². The molecule has 6 nitrogen and oxygen atoms in total. The quantitative estimate of drug-likeness (QED) is 0.304. The fourth-order valence-electron chi connectivity index (χ4n) is 4.82. The molecule has 2 aromatic heterocycles. The van der Waals surface area contributed by atoms with Gasteiger partial charge in [-0.25, -0.2) is 9.97 Å². The summed E-state index contributed by atoms with van der Waals surface area (Å²) in [7, 11) is 1.67.